The number of hydrogen-bond acceptors (Lipinski definition) is 7. The minimum absolute atomic E-state index is 0.145. The van der Waals surface area contributed by atoms with E-state index in [2.05, 4.69) is 15.2 Å². The Morgan fingerprint density at radius 1 is 1.36 bits per heavy atom. The molecule has 3 aromatic rings. The molecule has 1 atom stereocenters. The Kier molecular flexibility index (Phi) is 3.53. The highest BCUT2D eigenvalue weighted by Gasteiger charge is 2.32. The molecule has 25 heavy (non-hydrogen) atoms. The molecule has 8 nitrogen and oxygen atoms in total. The van der Waals surface area contributed by atoms with Crippen LogP contribution in [0.3, 0.4) is 0 Å². The smallest absolute Gasteiger partial charge is 0.328 e. The Labute approximate surface area is 143 Å². The molecule has 0 fully saturated rings. The van der Waals surface area contributed by atoms with E-state index in [9.17, 15) is 19.1 Å². The lowest BCUT2D eigenvalue weighted by Gasteiger charge is -2.14. The normalized spacial score (nSPS) is 18.1. The van der Waals surface area contributed by atoms with E-state index in [1.165, 1.54) is 29.7 Å². The van der Waals surface area contributed by atoms with Gasteiger partial charge in [0.1, 0.15) is 16.7 Å². The standard InChI is InChI=1S/C15H10FN5O3S/c16-9-3-1-8(2-4-9)10-5-11(14(23)24)20(19-10)6-12-13(22)21-15(25-12)17-7-18-21/h1-4,6-7,11H,5H2,(H,23,24)/b12-6-. The summed E-state index contributed by atoms with van der Waals surface area (Å²) in [6.07, 6.45) is 2.81. The number of hydrazone groups is 1. The molecule has 0 saturated heterocycles. The van der Waals surface area contributed by atoms with Gasteiger partial charge in [-0.05, 0) is 17.7 Å². The van der Waals surface area contributed by atoms with E-state index in [-0.39, 0.29) is 22.3 Å². The Hall–Kier alpha value is -3.14. The van der Waals surface area contributed by atoms with E-state index < -0.39 is 12.0 Å². The van der Waals surface area contributed by atoms with Gasteiger partial charge in [0.2, 0.25) is 4.96 Å². The van der Waals surface area contributed by atoms with Crippen molar-refractivity contribution in [2.75, 3.05) is 0 Å². The fourth-order valence-corrected chi connectivity index (χ4v) is 3.40. The van der Waals surface area contributed by atoms with Crippen molar-refractivity contribution in [2.45, 2.75) is 12.5 Å². The molecule has 1 aliphatic rings. The first-order valence-electron chi connectivity index (χ1n) is 7.22. The number of carboxylic acid groups (broad SMARTS) is 1. The zero-order chi connectivity index (χ0) is 17.6. The van der Waals surface area contributed by atoms with E-state index in [1.54, 1.807) is 12.1 Å². The number of aliphatic carboxylic acids is 1. The second kappa shape index (κ2) is 5.74. The van der Waals surface area contributed by atoms with Crippen LogP contribution in [0.2, 0.25) is 0 Å². The quantitative estimate of drug-likeness (QED) is 0.722. The average molecular weight is 359 g/mol. The average Bonchev–Trinajstić information content (AvgIpc) is 3.27. The van der Waals surface area contributed by atoms with Gasteiger partial charge in [0.15, 0.2) is 6.04 Å². The second-order valence-electron chi connectivity index (χ2n) is 5.35. The summed E-state index contributed by atoms with van der Waals surface area (Å²) in [7, 11) is 0. The largest absolute Gasteiger partial charge is 0.480 e. The predicted molar refractivity (Wildman–Crippen MR) is 87.6 cm³/mol. The lowest BCUT2D eigenvalue weighted by Crippen LogP contribution is -2.34. The molecule has 0 bridgehead atoms. The fraction of sp³-hybridized carbons (Fsp3) is 0.133. The Morgan fingerprint density at radius 2 is 2.12 bits per heavy atom. The van der Waals surface area contributed by atoms with Crippen molar-refractivity contribution in [1.82, 2.24) is 19.6 Å². The Bertz CT molecular complexity index is 1100. The molecule has 1 unspecified atom stereocenters. The molecule has 2 aromatic heterocycles. The van der Waals surface area contributed by atoms with E-state index in [1.807, 2.05) is 0 Å². The lowest BCUT2D eigenvalue weighted by atomic mass is 10.0. The summed E-state index contributed by atoms with van der Waals surface area (Å²) in [6, 6.07) is 4.71. The first kappa shape index (κ1) is 15.4. The summed E-state index contributed by atoms with van der Waals surface area (Å²) < 4.78 is 14.5. The summed E-state index contributed by atoms with van der Waals surface area (Å²) in [6.45, 7) is 0. The molecule has 0 spiro atoms. The molecule has 10 heteroatoms. The minimum atomic E-state index is -1.07. The minimum Gasteiger partial charge on any atom is -0.480 e. The molecule has 1 aromatic carbocycles. The van der Waals surface area contributed by atoms with E-state index in [0.717, 1.165) is 15.9 Å². The van der Waals surface area contributed by atoms with Gasteiger partial charge in [-0.3, -0.25) is 9.80 Å². The maximum absolute atomic E-state index is 13.1. The maximum atomic E-state index is 13.1. The van der Waals surface area contributed by atoms with Crippen LogP contribution in [0.15, 0.2) is 40.5 Å². The molecular formula is C15H10FN5O3S. The van der Waals surface area contributed by atoms with Crippen LogP contribution in [0.25, 0.3) is 11.2 Å². The van der Waals surface area contributed by atoms with E-state index >= 15 is 0 Å². The lowest BCUT2D eigenvalue weighted by molar-refractivity contribution is -0.141. The van der Waals surface area contributed by atoms with Gasteiger partial charge in [-0.25, -0.2) is 14.2 Å². The van der Waals surface area contributed by atoms with Gasteiger partial charge < -0.3 is 5.11 Å². The first-order valence-corrected chi connectivity index (χ1v) is 8.03. The zero-order valence-electron chi connectivity index (χ0n) is 12.5. The van der Waals surface area contributed by atoms with Gasteiger partial charge >= 0.3 is 5.97 Å². The predicted octanol–water partition coefficient (Wildman–Crippen LogP) is 0.310. The van der Waals surface area contributed by atoms with Crippen molar-refractivity contribution < 1.29 is 14.3 Å². The van der Waals surface area contributed by atoms with Crippen LogP contribution in [-0.4, -0.2) is 42.4 Å². The molecule has 0 saturated carbocycles. The number of benzene rings is 1. The molecule has 126 valence electrons. The van der Waals surface area contributed by atoms with Gasteiger partial charge in [0.05, 0.1) is 5.71 Å². The van der Waals surface area contributed by atoms with Crippen LogP contribution < -0.4 is 10.1 Å². The van der Waals surface area contributed by atoms with Gasteiger partial charge in [-0.15, -0.1) is 0 Å². The second-order valence-corrected chi connectivity index (χ2v) is 6.36. The third-order valence-corrected chi connectivity index (χ3v) is 4.74. The van der Waals surface area contributed by atoms with Crippen molar-refractivity contribution in [3.05, 3.63) is 56.9 Å². The molecule has 3 heterocycles. The number of aromatic nitrogens is 3. The van der Waals surface area contributed by atoms with Gasteiger partial charge in [0, 0.05) is 12.6 Å². The van der Waals surface area contributed by atoms with E-state index in [4.69, 9.17) is 0 Å². The Balaban J connectivity index is 1.77. The first-order chi connectivity index (χ1) is 12.0. The fourth-order valence-electron chi connectivity index (χ4n) is 2.55. The van der Waals surface area contributed by atoms with Crippen LogP contribution in [0.4, 0.5) is 4.39 Å². The highest BCUT2D eigenvalue weighted by Crippen LogP contribution is 2.21. The molecule has 1 N–H and O–H groups in total. The Morgan fingerprint density at radius 3 is 2.80 bits per heavy atom. The molecular weight excluding hydrogens is 349 g/mol. The number of rotatable bonds is 3. The van der Waals surface area contributed by atoms with Crippen LogP contribution in [0.5, 0.6) is 0 Å². The number of fused-ring (bicyclic) bond motifs is 1. The third-order valence-electron chi connectivity index (χ3n) is 3.78. The van der Waals surface area contributed by atoms with Gasteiger partial charge in [0.25, 0.3) is 5.56 Å². The van der Waals surface area contributed by atoms with E-state index in [0.29, 0.717) is 16.2 Å². The third kappa shape index (κ3) is 2.66. The van der Waals surface area contributed by atoms with Crippen molar-refractivity contribution >= 4 is 34.2 Å². The van der Waals surface area contributed by atoms with Gasteiger partial charge in [-0.2, -0.15) is 14.7 Å². The summed E-state index contributed by atoms with van der Waals surface area (Å²) in [5, 5.41) is 18.8. The van der Waals surface area contributed by atoms with Crippen LogP contribution in [0, 0.1) is 5.82 Å². The number of hydrogen-bond donors (Lipinski definition) is 1. The number of halogens is 1. The number of nitrogens with zero attached hydrogens (tertiary/aromatic N) is 5. The number of thiazole rings is 1. The highest BCUT2D eigenvalue weighted by atomic mass is 32.1. The summed E-state index contributed by atoms with van der Waals surface area (Å²) in [4.78, 5) is 28.1. The van der Waals surface area contributed by atoms with Crippen LogP contribution in [0.1, 0.15) is 12.0 Å². The van der Waals surface area contributed by atoms with Gasteiger partial charge in [-0.1, -0.05) is 23.5 Å². The number of carboxylic acids is 1. The monoisotopic (exact) mass is 359 g/mol. The van der Waals surface area contributed by atoms with Crippen molar-refractivity contribution in [3.8, 4) is 0 Å². The van der Waals surface area contributed by atoms with Crippen molar-refractivity contribution in [2.24, 2.45) is 5.10 Å². The van der Waals surface area contributed by atoms with Crippen LogP contribution >= 0.6 is 11.3 Å². The van der Waals surface area contributed by atoms with Crippen molar-refractivity contribution in [1.29, 1.82) is 0 Å². The zero-order valence-corrected chi connectivity index (χ0v) is 13.4. The molecule has 0 radical (unpaired) electrons. The van der Waals surface area contributed by atoms with Crippen LogP contribution in [-0.2, 0) is 4.79 Å². The summed E-state index contributed by atoms with van der Waals surface area (Å²) >= 11 is 1.10. The molecule has 4 rings (SSSR count). The molecule has 0 amide bonds. The summed E-state index contributed by atoms with van der Waals surface area (Å²) in [5.41, 5.74) is 0.760. The topological polar surface area (TPSA) is 100 Å². The SMILES string of the molecule is O=C(O)C1CC(c2ccc(F)cc2)=NN1/C=c1\sc2ncnn2c1=O. The summed E-state index contributed by atoms with van der Waals surface area (Å²) in [5.74, 6) is -1.45. The highest BCUT2D eigenvalue weighted by molar-refractivity contribution is 7.14. The van der Waals surface area contributed by atoms with Crippen molar-refractivity contribution in [3.63, 3.8) is 0 Å². The molecule has 1 aliphatic heterocycles. The molecule has 0 aliphatic carbocycles. The maximum Gasteiger partial charge on any atom is 0.328 e. The number of carbonyl (C=O) groups is 1.